The van der Waals surface area contributed by atoms with Crippen LogP contribution >= 0.6 is 0 Å². The van der Waals surface area contributed by atoms with Gasteiger partial charge in [0.1, 0.15) is 0 Å². The standard InChI is InChI=1S/C22H22N2O4S/c1-14-7-9-18(10-8-14)29(27,28)23-21-13-16(3)15(2)12-20(21)22(25)19-6-5-11-24(26)17(19)4/h5-13,23H,1-4H3. The molecule has 0 fully saturated rings. The zero-order valence-corrected chi connectivity index (χ0v) is 17.5. The van der Waals surface area contributed by atoms with Crippen molar-refractivity contribution in [2.45, 2.75) is 32.6 Å². The van der Waals surface area contributed by atoms with Gasteiger partial charge in [0.25, 0.3) is 10.0 Å². The first-order valence-corrected chi connectivity index (χ1v) is 10.5. The zero-order valence-electron chi connectivity index (χ0n) is 16.7. The van der Waals surface area contributed by atoms with Crippen molar-refractivity contribution < 1.29 is 17.9 Å². The quantitative estimate of drug-likeness (QED) is 0.395. The number of nitrogens with zero attached hydrogens (tertiary/aromatic N) is 1. The molecule has 1 N–H and O–H groups in total. The number of benzene rings is 2. The fourth-order valence-corrected chi connectivity index (χ4v) is 4.03. The molecule has 3 aromatic rings. The lowest BCUT2D eigenvalue weighted by Crippen LogP contribution is -2.31. The van der Waals surface area contributed by atoms with E-state index in [1.54, 1.807) is 37.3 Å². The number of nitrogens with one attached hydrogen (secondary N) is 1. The van der Waals surface area contributed by atoms with Crippen LogP contribution in [0.1, 0.15) is 38.3 Å². The topological polar surface area (TPSA) is 90.2 Å². The summed E-state index contributed by atoms with van der Waals surface area (Å²) in [6.07, 6.45) is 1.31. The predicted octanol–water partition coefficient (Wildman–Crippen LogP) is 3.59. The highest BCUT2D eigenvalue weighted by molar-refractivity contribution is 7.92. The van der Waals surface area contributed by atoms with Crippen molar-refractivity contribution in [2.75, 3.05) is 4.72 Å². The lowest BCUT2D eigenvalue weighted by molar-refractivity contribution is -0.612. The fourth-order valence-electron chi connectivity index (χ4n) is 2.96. The number of sulfonamides is 1. The SMILES string of the molecule is Cc1ccc(S(=O)(=O)Nc2cc(C)c(C)cc2C(=O)c2ccc[n+]([O-])c2C)cc1. The Balaban J connectivity index is 2.10. The number of carbonyl (C=O) groups excluding carboxylic acids is 1. The van der Waals surface area contributed by atoms with Gasteiger partial charge in [0.15, 0.2) is 6.20 Å². The highest BCUT2D eigenvalue weighted by Crippen LogP contribution is 2.27. The Morgan fingerprint density at radius 2 is 1.55 bits per heavy atom. The van der Waals surface area contributed by atoms with E-state index < -0.39 is 15.8 Å². The molecule has 0 bridgehead atoms. The molecule has 0 atom stereocenters. The lowest BCUT2D eigenvalue weighted by atomic mass is 9.97. The van der Waals surface area contributed by atoms with E-state index >= 15 is 0 Å². The third-order valence-electron chi connectivity index (χ3n) is 4.90. The number of anilines is 1. The summed E-state index contributed by atoms with van der Waals surface area (Å²) in [4.78, 5) is 13.3. The van der Waals surface area contributed by atoms with Crippen LogP contribution in [0.15, 0.2) is 59.6 Å². The fraction of sp³-hybridized carbons (Fsp3) is 0.182. The third-order valence-corrected chi connectivity index (χ3v) is 6.28. The second-order valence-corrected chi connectivity index (χ2v) is 8.75. The minimum absolute atomic E-state index is 0.105. The maximum absolute atomic E-state index is 13.2. The number of hydrogen-bond acceptors (Lipinski definition) is 4. The van der Waals surface area contributed by atoms with E-state index in [0.29, 0.717) is 4.73 Å². The molecule has 0 radical (unpaired) electrons. The molecule has 0 saturated heterocycles. The molecule has 0 amide bonds. The second-order valence-electron chi connectivity index (χ2n) is 7.06. The molecule has 29 heavy (non-hydrogen) atoms. The number of pyridine rings is 1. The van der Waals surface area contributed by atoms with Crippen molar-refractivity contribution in [1.29, 1.82) is 0 Å². The van der Waals surface area contributed by atoms with E-state index in [2.05, 4.69) is 4.72 Å². The van der Waals surface area contributed by atoms with Crippen LogP contribution in [0.3, 0.4) is 0 Å². The molecule has 6 nitrogen and oxygen atoms in total. The lowest BCUT2D eigenvalue weighted by Gasteiger charge is -2.15. The summed E-state index contributed by atoms with van der Waals surface area (Å²) < 4.78 is 28.9. The number of hydrogen-bond donors (Lipinski definition) is 1. The summed E-state index contributed by atoms with van der Waals surface area (Å²) in [5, 5.41) is 11.9. The molecule has 3 rings (SSSR count). The molecule has 1 aromatic heterocycles. The number of rotatable bonds is 5. The van der Waals surface area contributed by atoms with Crippen molar-refractivity contribution in [3.05, 3.63) is 93.4 Å². The Labute approximate surface area is 170 Å². The normalized spacial score (nSPS) is 11.3. The summed E-state index contributed by atoms with van der Waals surface area (Å²) >= 11 is 0. The highest BCUT2D eigenvalue weighted by atomic mass is 32.2. The Morgan fingerprint density at radius 1 is 0.931 bits per heavy atom. The number of aromatic nitrogens is 1. The van der Waals surface area contributed by atoms with Crippen LogP contribution in [0.5, 0.6) is 0 Å². The Bertz CT molecular complexity index is 1200. The number of aryl methyl sites for hydroxylation is 3. The van der Waals surface area contributed by atoms with E-state index in [1.165, 1.54) is 24.4 Å². The van der Waals surface area contributed by atoms with E-state index in [1.807, 2.05) is 20.8 Å². The molecule has 0 unspecified atom stereocenters. The molecule has 7 heteroatoms. The van der Waals surface area contributed by atoms with Crippen LogP contribution in [-0.4, -0.2) is 14.2 Å². The van der Waals surface area contributed by atoms with E-state index in [4.69, 9.17) is 0 Å². The van der Waals surface area contributed by atoms with Crippen LogP contribution in [-0.2, 0) is 10.0 Å². The molecule has 0 spiro atoms. The van der Waals surface area contributed by atoms with Gasteiger partial charge in [-0.05, 0) is 62.2 Å². The van der Waals surface area contributed by atoms with Crippen LogP contribution in [0, 0.1) is 32.9 Å². The van der Waals surface area contributed by atoms with Gasteiger partial charge in [-0.1, -0.05) is 17.7 Å². The first-order chi connectivity index (χ1) is 13.6. The summed E-state index contributed by atoms with van der Waals surface area (Å²) in [5.41, 5.74) is 3.47. The molecule has 2 aromatic carbocycles. The van der Waals surface area contributed by atoms with Gasteiger partial charge in [-0.3, -0.25) is 9.52 Å². The minimum Gasteiger partial charge on any atom is -0.618 e. The summed E-state index contributed by atoms with van der Waals surface area (Å²) in [5.74, 6) is -0.419. The molecule has 0 aliphatic carbocycles. The predicted molar refractivity (Wildman–Crippen MR) is 111 cm³/mol. The second kappa shape index (κ2) is 7.67. The van der Waals surface area contributed by atoms with Crippen molar-refractivity contribution in [3.8, 4) is 0 Å². The average Bonchev–Trinajstić information content (AvgIpc) is 2.66. The number of ketones is 1. The third kappa shape index (κ3) is 4.14. The van der Waals surface area contributed by atoms with Crippen LogP contribution in [0.2, 0.25) is 0 Å². The number of carbonyl (C=O) groups is 1. The summed E-state index contributed by atoms with van der Waals surface area (Å²) in [7, 11) is -3.89. The van der Waals surface area contributed by atoms with E-state index in [0.717, 1.165) is 16.7 Å². The summed E-state index contributed by atoms with van der Waals surface area (Å²) in [6.45, 7) is 7.11. The first kappa shape index (κ1) is 20.5. The van der Waals surface area contributed by atoms with Gasteiger partial charge in [0, 0.05) is 18.6 Å². The molecular weight excluding hydrogens is 388 g/mol. The Morgan fingerprint density at radius 3 is 2.21 bits per heavy atom. The monoisotopic (exact) mass is 410 g/mol. The molecular formula is C22H22N2O4S. The zero-order chi connectivity index (χ0) is 21.3. The van der Waals surface area contributed by atoms with Gasteiger partial charge < -0.3 is 5.21 Å². The molecule has 0 aliphatic heterocycles. The van der Waals surface area contributed by atoms with E-state index in [9.17, 15) is 18.4 Å². The maximum atomic E-state index is 13.2. The summed E-state index contributed by atoms with van der Waals surface area (Å²) in [6, 6.07) is 12.8. The van der Waals surface area contributed by atoms with Crippen molar-refractivity contribution in [2.24, 2.45) is 0 Å². The molecule has 0 aliphatic rings. The van der Waals surface area contributed by atoms with Gasteiger partial charge in [-0.15, -0.1) is 0 Å². The van der Waals surface area contributed by atoms with Crippen LogP contribution < -0.4 is 9.45 Å². The average molecular weight is 410 g/mol. The maximum Gasteiger partial charge on any atom is 0.261 e. The molecule has 150 valence electrons. The van der Waals surface area contributed by atoms with Gasteiger partial charge in [-0.25, -0.2) is 8.42 Å². The van der Waals surface area contributed by atoms with Gasteiger partial charge in [0.05, 0.1) is 16.1 Å². The smallest absolute Gasteiger partial charge is 0.261 e. The van der Waals surface area contributed by atoms with Crippen molar-refractivity contribution in [1.82, 2.24) is 0 Å². The van der Waals surface area contributed by atoms with Crippen LogP contribution in [0.25, 0.3) is 0 Å². The largest absolute Gasteiger partial charge is 0.618 e. The van der Waals surface area contributed by atoms with E-state index in [-0.39, 0.29) is 27.4 Å². The Hall–Kier alpha value is -3.19. The van der Waals surface area contributed by atoms with Crippen molar-refractivity contribution in [3.63, 3.8) is 0 Å². The first-order valence-electron chi connectivity index (χ1n) is 9.04. The minimum atomic E-state index is -3.89. The highest BCUT2D eigenvalue weighted by Gasteiger charge is 2.23. The molecule has 1 heterocycles. The van der Waals surface area contributed by atoms with Crippen LogP contribution in [0.4, 0.5) is 5.69 Å². The Kier molecular flexibility index (Phi) is 5.44. The van der Waals surface area contributed by atoms with Gasteiger partial charge in [-0.2, -0.15) is 4.73 Å². The van der Waals surface area contributed by atoms with Crippen molar-refractivity contribution >= 4 is 21.5 Å². The van der Waals surface area contributed by atoms with Gasteiger partial charge >= 0.3 is 0 Å². The van der Waals surface area contributed by atoms with Gasteiger partial charge in [0.2, 0.25) is 11.5 Å². The molecule has 0 saturated carbocycles.